The van der Waals surface area contributed by atoms with Gasteiger partial charge < -0.3 is 10.6 Å². The van der Waals surface area contributed by atoms with Crippen molar-refractivity contribution in [3.63, 3.8) is 0 Å². The highest BCUT2D eigenvalue weighted by Crippen LogP contribution is 2.03. The molecule has 0 aliphatic rings. The second kappa shape index (κ2) is 6.28. The Morgan fingerprint density at radius 2 is 2.00 bits per heavy atom. The van der Waals surface area contributed by atoms with Crippen LogP contribution in [0.1, 0.15) is 12.5 Å². The molecule has 0 bridgehead atoms. The van der Waals surface area contributed by atoms with E-state index in [1.165, 1.54) is 0 Å². The number of carbonyl (C=O) groups is 1. The van der Waals surface area contributed by atoms with E-state index in [1.54, 1.807) is 4.90 Å². The van der Waals surface area contributed by atoms with Crippen LogP contribution in [0.15, 0.2) is 30.3 Å². The molecule has 0 radical (unpaired) electrons. The van der Waals surface area contributed by atoms with Gasteiger partial charge in [-0.3, -0.25) is 4.79 Å². The largest absolute Gasteiger partial charge is 0.345 e. The van der Waals surface area contributed by atoms with Crippen LogP contribution in [0.2, 0.25) is 0 Å². The fourth-order valence-corrected chi connectivity index (χ4v) is 1.55. The van der Waals surface area contributed by atoms with Gasteiger partial charge in [-0.25, -0.2) is 0 Å². The molecule has 1 rings (SSSR count). The average Bonchev–Trinajstić information content (AvgIpc) is 2.30. The molecule has 0 saturated heterocycles. The van der Waals surface area contributed by atoms with Gasteiger partial charge in [0.25, 0.3) is 0 Å². The lowest BCUT2D eigenvalue weighted by atomic mass is 10.1. The summed E-state index contributed by atoms with van der Waals surface area (Å²) in [7, 11) is 1.83. The summed E-state index contributed by atoms with van der Waals surface area (Å²) >= 11 is 0. The standard InChI is InChI=1S/C13H20N2O/c1-11(9-14)10-15(2)13(16)8-12-6-4-3-5-7-12/h3-7,11H,8-10,14H2,1-2H3. The Bertz CT molecular complexity index is 324. The van der Waals surface area contributed by atoms with Crippen LogP contribution >= 0.6 is 0 Å². The van der Waals surface area contributed by atoms with E-state index >= 15 is 0 Å². The summed E-state index contributed by atoms with van der Waals surface area (Å²) in [5.74, 6) is 0.497. The van der Waals surface area contributed by atoms with Crippen LogP contribution in [-0.4, -0.2) is 30.9 Å². The molecule has 1 aromatic rings. The van der Waals surface area contributed by atoms with Crippen LogP contribution in [0.5, 0.6) is 0 Å². The fourth-order valence-electron chi connectivity index (χ4n) is 1.55. The lowest BCUT2D eigenvalue weighted by molar-refractivity contribution is -0.129. The summed E-state index contributed by atoms with van der Waals surface area (Å²) < 4.78 is 0. The molecular formula is C13H20N2O. The minimum absolute atomic E-state index is 0.145. The van der Waals surface area contributed by atoms with Gasteiger partial charge in [0.2, 0.25) is 5.91 Å². The molecule has 16 heavy (non-hydrogen) atoms. The fraction of sp³-hybridized carbons (Fsp3) is 0.462. The second-order valence-corrected chi connectivity index (χ2v) is 4.28. The van der Waals surface area contributed by atoms with Gasteiger partial charge in [0.15, 0.2) is 0 Å². The van der Waals surface area contributed by atoms with Crippen molar-refractivity contribution >= 4 is 5.91 Å². The van der Waals surface area contributed by atoms with E-state index in [0.717, 1.165) is 12.1 Å². The molecule has 0 fully saturated rings. The first-order chi connectivity index (χ1) is 7.63. The maximum Gasteiger partial charge on any atom is 0.226 e. The van der Waals surface area contributed by atoms with Crippen molar-refractivity contribution in [2.75, 3.05) is 20.1 Å². The first-order valence-corrected chi connectivity index (χ1v) is 5.61. The van der Waals surface area contributed by atoms with Crippen LogP contribution < -0.4 is 5.73 Å². The number of rotatable bonds is 5. The van der Waals surface area contributed by atoms with E-state index in [4.69, 9.17) is 5.73 Å². The lowest BCUT2D eigenvalue weighted by Crippen LogP contribution is -2.34. The third-order valence-corrected chi connectivity index (χ3v) is 2.61. The zero-order valence-electron chi connectivity index (χ0n) is 10.0. The van der Waals surface area contributed by atoms with Crippen molar-refractivity contribution in [2.24, 2.45) is 11.7 Å². The summed E-state index contributed by atoms with van der Waals surface area (Å²) in [5, 5.41) is 0. The van der Waals surface area contributed by atoms with Crippen LogP contribution in [0, 0.1) is 5.92 Å². The van der Waals surface area contributed by atoms with Gasteiger partial charge in [-0.2, -0.15) is 0 Å². The first-order valence-electron chi connectivity index (χ1n) is 5.61. The minimum Gasteiger partial charge on any atom is -0.345 e. The van der Waals surface area contributed by atoms with Gasteiger partial charge in [-0.05, 0) is 18.0 Å². The van der Waals surface area contributed by atoms with E-state index in [-0.39, 0.29) is 5.91 Å². The van der Waals surface area contributed by atoms with Gasteiger partial charge in [0.05, 0.1) is 6.42 Å². The Hall–Kier alpha value is -1.35. The SMILES string of the molecule is CC(CN)CN(C)C(=O)Cc1ccccc1. The lowest BCUT2D eigenvalue weighted by Gasteiger charge is -2.20. The number of nitrogens with zero attached hydrogens (tertiary/aromatic N) is 1. The number of carbonyl (C=O) groups excluding carboxylic acids is 1. The molecule has 1 amide bonds. The number of hydrogen-bond acceptors (Lipinski definition) is 2. The zero-order chi connectivity index (χ0) is 12.0. The number of nitrogens with two attached hydrogens (primary N) is 1. The Balaban J connectivity index is 2.46. The molecule has 0 heterocycles. The normalized spacial score (nSPS) is 12.2. The van der Waals surface area contributed by atoms with Gasteiger partial charge in [0.1, 0.15) is 0 Å². The molecule has 2 N–H and O–H groups in total. The molecule has 0 aliphatic carbocycles. The molecular weight excluding hydrogens is 200 g/mol. The quantitative estimate of drug-likeness (QED) is 0.812. The number of amides is 1. The van der Waals surface area contributed by atoms with Crippen LogP contribution in [0.25, 0.3) is 0 Å². The van der Waals surface area contributed by atoms with Gasteiger partial charge in [-0.1, -0.05) is 37.3 Å². The molecule has 0 spiro atoms. The predicted molar refractivity (Wildman–Crippen MR) is 66.0 cm³/mol. The van der Waals surface area contributed by atoms with Gasteiger partial charge >= 0.3 is 0 Å². The second-order valence-electron chi connectivity index (χ2n) is 4.28. The highest BCUT2D eigenvalue weighted by atomic mass is 16.2. The van der Waals surface area contributed by atoms with E-state index in [0.29, 0.717) is 18.9 Å². The molecule has 1 atom stereocenters. The van der Waals surface area contributed by atoms with Crippen molar-refractivity contribution in [3.05, 3.63) is 35.9 Å². The molecule has 88 valence electrons. The Morgan fingerprint density at radius 3 is 2.56 bits per heavy atom. The topological polar surface area (TPSA) is 46.3 Å². The van der Waals surface area contributed by atoms with Gasteiger partial charge in [-0.15, -0.1) is 0 Å². The van der Waals surface area contributed by atoms with Crippen molar-refractivity contribution in [1.29, 1.82) is 0 Å². The highest BCUT2D eigenvalue weighted by molar-refractivity contribution is 5.78. The molecule has 3 nitrogen and oxygen atoms in total. The molecule has 3 heteroatoms. The van der Waals surface area contributed by atoms with Crippen LogP contribution in [0.3, 0.4) is 0 Å². The number of likely N-dealkylation sites (N-methyl/N-ethyl adjacent to an activating group) is 1. The summed E-state index contributed by atoms with van der Waals surface area (Å²) in [6.45, 7) is 3.39. The van der Waals surface area contributed by atoms with Crippen molar-refractivity contribution in [1.82, 2.24) is 4.90 Å². The third kappa shape index (κ3) is 4.03. The Labute approximate surface area is 97.2 Å². The number of benzene rings is 1. The molecule has 1 unspecified atom stereocenters. The van der Waals surface area contributed by atoms with Crippen molar-refractivity contribution in [2.45, 2.75) is 13.3 Å². The minimum atomic E-state index is 0.145. The van der Waals surface area contributed by atoms with E-state index in [1.807, 2.05) is 44.3 Å². The summed E-state index contributed by atoms with van der Waals surface area (Å²) in [5.41, 5.74) is 6.59. The monoisotopic (exact) mass is 220 g/mol. The molecule has 0 aliphatic heterocycles. The van der Waals surface area contributed by atoms with E-state index in [9.17, 15) is 4.79 Å². The smallest absolute Gasteiger partial charge is 0.226 e. The molecule has 1 aromatic carbocycles. The highest BCUT2D eigenvalue weighted by Gasteiger charge is 2.11. The van der Waals surface area contributed by atoms with Crippen LogP contribution in [-0.2, 0) is 11.2 Å². The predicted octanol–water partition coefficient (Wildman–Crippen LogP) is 1.28. The summed E-state index contributed by atoms with van der Waals surface area (Å²) in [6.07, 6.45) is 0.467. The Morgan fingerprint density at radius 1 is 1.38 bits per heavy atom. The van der Waals surface area contributed by atoms with Crippen molar-refractivity contribution < 1.29 is 4.79 Å². The number of hydrogen-bond donors (Lipinski definition) is 1. The zero-order valence-corrected chi connectivity index (χ0v) is 10.0. The maximum atomic E-state index is 11.8. The molecule has 0 aromatic heterocycles. The van der Waals surface area contributed by atoms with E-state index in [2.05, 4.69) is 0 Å². The average molecular weight is 220 g/mol. The third-order valence-electron chi connectivity index (χ3n) is 2.61. The maximum absolute atomic E-state index is 11.8. The first kappa shape index (κ1) is 12.7. The van der Waals surface area contributed by atoms with Gasteiger partial charge in [0, 0.05) is 13.6 Å². The summed E-state index contributed by atoms with van der Waals surface area (Å²) in [4.78, 5) is 13.6. The Kier molecular flexibility index (Phi) is 4.99. The van der Waals surface area contributed by atoms with Crippen molar-refractivity contribution in [3.8, 4) is 0 Å². The van der Waals surface area contributed by atoms with Crippen LogP contribution in [0.4, 0.5) is 0 Å². The van der Waals surface area contributed by atoms with E-state index < -0.39 is 0 Å². The summed E-state index contributed by atoms with van der Waals surface area (Å²) in [6, 6.07) is 9.79. The molecule has 0 saturated carbocycles.